The van der Waals surface area contributed by atoms with Crippen molar-refractivity contribution in [3.8, 4) is 11.5 Å². The molecule has 0 aliphatic heterocycles. The molecule has 0 unspecified atom stereocenters. The molecule has 1 atom stereocenters. The van der Waals surface area contributed by atoms with Gasteiger partial charge in [0.1, 0.15) is 17.5 Å². The van der Waals surface area contributed by atoms with Gasteiger partial charge in [-0.3, -0.25) is 4.79 Å². The second-order valence-electron chi connectivity index (χ2n) is 5.16. The zero-order chi connectivity index (χ0) is 18.2. The van der Waals surface area contributed by atoms with Crippen molar-refractivity contribution in [1.82, 2.24) is 5.32 Å². The van der Waals surface area contributed by atoms with Gasteiger partial charge in [-0.15, -0.1) is 0 Å². The van der Waals surface area contributed by atoms with Gasteiger partial charge >= 0.3 is 5.97 Å². The quantitative estimate of drug-likeness (QED) is 0.334. The molecule has 0 radical (unpaired) electrons. The van der Waals surface area contributed by atoms with E-state index in [1.165, 1.54) is 7.11 Å². The van der Waals surface area contributed by atoms with Crippen molar-refractivity contribution in [2.45, 2.75) is 19.5 Å². The molecule has 0 aromatic heterocycles. The monoisotopic (exact) mass is 360 g/mol. The highest BCUT2D eigenvalue weighted by Crippen LogP contribution is 2.29. The van der Waals surface area contributed by atoms with E-state index < -0.39 is 6.04 Å². The average Bonchev–Trinajstić information content (AvgIpc) is 2.62. The van der Waals surface area contributed by atoms with E-state index in [0.29, 0.717) is 28.8 Å². The standard InChI is InChI=1S/C17H17ClN4O3/c1-11(17(23)24-2)20-10-12-3-4-13(18)9-16(12)25-15-7-5-14(6-8-15)21-22-19/h3-9,11,20H,10H2,1-2H3/t11-/m0/s1. The topological polar surface area (TPSA) is 96.3 Å². The smallest absolute Gasteiger partial charge is 0.322 e. The summed E-state index contributed by atoms with van der Waals surface area (Å²) in [4.78, 5) is 14.2. The minimum atomic E-state index is -0.448. The molecule has 25 heavy (non-hydrogen) atoms. The first kappa shape index (κ1) is 18.6. The molecule has 2 aromatic rings. The van der Waals surface area contributed by atoms with E-state index >= 15 is 0 Å². The van der Waals surface area contributed by atoms with Crippen LogP contribution in [0.5, 0.6) is 11.5 Å². The lowest BCUT2D eigenvalue weighted by molar-refractivity contribution is -0.142. The molecular formula is C17H17ClN4O3. The van der Waals surface area contributed by atoms with Crippen LogP contribution < -0.4 is 10.1 Å². The third kappa shape index (κ3) is 5.39. The largest absolute Gasteiger partial charge is 0.468 e. The number of carbonyl (C=O) groups is 1. The number of ether oxygens (including phenoxy) is 2. The predicted molar refractivity (Wildman–Crippen MR) is 95.1 cm³/mol. The van der Waals surface area contributed by atoms with Crippen molar-refractivity contribution in [3.05, 3.63) is 63.5 Å². The van der Waals surface area contributed by atoms with E-state index in [1.807, 2.05) is 6.07 Å². The summed E-state index contributed by atoms with van der Waals surface area (Å²) in [5.41, 5.74) is 9.75. The fourth-order valence-corrected chi connectivity index (χ4v) is 2.21. The molecular weight excluding hydrogens is 344 g/mol. The number of hydrogen-bond acceptors (Lipinski definition) is 5. The summed E-state index contributed by atoms with van der Waals surface area (Å²) in [7, 11) is 1.34. The first-order valence-corrected chi connectivity index (χ1v) is 7.84. The van der Waals surface area contributed by atoms with Gasteiger partial charge in [-0.25, -0.2) is 0 Å². The van der Waals surface area contributed by atoms with Crippen molar-refractivity contribution in [2.75, 3.05) is 7.11 Å². The Hall–Kier alpha value is -2.73. The molecule has 0 fully saturated rings. The molecule has 130 valence electrons. The maximum Gasteiger partial charge on any atom is 0.322 e. The van der Waals surface area contributed by atoms with E-state index in [1.54, 1.807) is 43.3 Å². The van der Waals surface area contributed by atoms with Gasteiger partial charge in [0.25, 0.3) is 0 Å². The first-order chi connectivity index (χ1) is 12.0. The van der Waals surface area contributed by atoms with Gasteiger partial charge in [0.2, 0.25) is 0 Å². The minimum Gasteiger partial charge on any atom is -0.468 e. The van der Waals surface area contributed by atoms with Crippen LogP contribution >= 0.6 is 11.6 Å². The highest BCUT2D eigenvalue weighted by Gasteiger charge is 2.14. The number of nitrogens with one attached hydrogen (secondary N) is 1. The number of methoxy groups -OCH3 is 1. The van der Waals surface area contributed by atoms with Crippen LogP contribution in [0.2, 0.25) is 5.02 Å². The lowest BCUT2D eigenvalue weighted by atomic mass is 10.2. The van der Waals surface area contributed by atoms with E-state index in [-0.39, 0.29) is 5.97 Å². The number of hydrogen-bond donors (Lipinski definition) is 1. The SMILES string of the molecule is COC(=O)[C@H](C)NCc1ccc(Cl)cc1Oc1ccc(N=[N+]=[N-])cc1. The van der Waals surface area contributed by atoms with Crippen molar-refractivity contribution < 1.29 is 14.3 Å². The van der Waals surface area contributed by atoms with Crippen LogP contribution in [-0.2, 0) is 16.1 Å². The van der Waals surface area contributed by atoms with Gasteiger partial charge in [0.15, 0.2) is 0 Å². The molecule has 1 N–H and O–H groups in total. The maximum atomic E-state index is 11.5. The maximum absolute atomic E-state index is 11.5. The Bertz CT molecular complexity index is 789. The molecule has 0 bridgehead atoms. The molecule has 0 amide bonds. The molecule has 0 aliphatic rings. The summed E-state index contributed by atoms with van der Waals surface area (Å²) in [6.45, 7) is 2.12. The summed E-state index contributed by atoms with van der Waals surface area (Å²) < 4.78 is 10.6. The van der Waals surface area contributed by atoms with Crippen LogP contribution in [0, 0.1) is 0 Å². The summed E-state index contributed by atoms with van der Waals surface area (Å²) in [6, 6.07) is 11.5. The Morgan fingerprint density at radius 3 is 2.68 bits per heavy atom. The van der Waals surface area contributed by atoms with Gasteiger partial charge in [-0.1, -0.05) is 22.8 Å². The fourth-order valence-electron chi connectivity index (χ4n) is 2.05. The van der Waals surface area contributed by atoms with Crippen LogP contribution in [0.3, 0.4) is 0 Å². The highest BCUT2D eigenvalue weighted by atomic mass is 35.5. The highest BCUT2D eigenvalue weighted by molar-refractivity contribution is 6.30. The van der Waals surface area contributed by atoms with E-state index in [9.17, 15) is 4.79 Å². The normalized spacial score (nSPS) is 11.3. The van der Waals surface area contributed by atoms with Crippen LogP contribution in [0.1, 0.15) is 12.5 Å². The van der Waals surface area contributed by atoms with Crippen LogP contribution in [0.15, 0.2) is 47.6 Å². The molecule has 0 saturated carbocycles. The number of esters is 1. The first-order valence-electron chi connectivity index (χ1n) is 7.46. The summed E-state index contributed by atoms with van der Waals surface area (Å²) in [5, 5.41) is 7.11. The minimum absolute atomic E-state index is 0.343. The van der Waals surface area contributed by atoms with Crippen molar-refractivity contribution in [2.24, 2.45) is 5.11 Å². The number of nitrogens with zero attached hydrogens (tertiary/aromatic N) is 3. The number of azide groups is 1. The molecule has 8 heteroatoms. The Morgan fingerprint density at radius 2 is 2.04 bits per heavy atom. The summed E-state index contributed by atoms with van der Waals surface area (Å²) in [5.74, 6) is 0.792. The van der Waals surface area contributed by atoms with Crippen LogP contribution in [0.4, 0.5) is 5.69 Å². The van der Waals surface area contributed by atoms with Crippen molar-refractivity contribution in [3.63, 3.8) is 0 Å². The molecule has 0 spiro atoms. The zero-order valence-electron chi connectivity index (χ0n) is 13.8. The lowest BCUT2D eigenvalue weighted by Gasteiger charge is -2.15. The summed E-state index contributed by atoms with van der Waals surface area (Å²) >= 11 is 6.06. The molecule has 2 aromatic carbocycles. The molecule has 0 heterocycles. The van der Waals surface area contributed by atoms with Crippen molar-refractivity contribution in [1.29, 1.82) is 0 Å². The molecule has 0 aliphatic carbocycles. The van der Waals surface area contributed by atoms with Gasteiger partial charge < -0.3 is 14.8 Å². The molecule has 0 saturated heterocycles. The van der Waals surface area contributed by atoms with Gasteiger partial charge in [-0.2, -0.15) is 0 Å². The Labute approximate surface area is 150 Å². The third-order valence-corrected chi connectivity index (χ3v) is 3.64. The number of benzene rings is 2. The van der Waals surface area contributed by atoms with Gasteiger partial charge in [0, 0.05) is 27.7 Å². The summed E-state index contributed by atoms with van der Waals surface area (Å²) in [6.07, 6.45) is 0. The Kier molecular flexibility index (Phi) is 6.65. The predicted octanol–water partition coefficient (Wildman–Crippen LogP) is 4.73. The second-order valence-corrected chi connectivity index (χ2v) is 5.60. The number of rotatable bonds is 7. The number of halogens is 1. The Balaban J connectivity index is 2.15. The average molecular weight is 361 g/mol. The van der Waals surface area contributed by atoms with E-state index in [2.05, 4.69) is 20.1 Å². The molecule has 7 nitrogen and oxygen atoms in total. The van der Waals surface area contributed by atoms with E-state index in [4.69, 9.17) is 21.9 Å². The van der Waals surface area contributed by atoms with E-state index in [0.717, 1.165) is 5.56 Å². The number of carbonyl (C=O) groups excluding carboxylic acids is 1. The lowest BCUT2D eigenvalue weighted by Crippen LogP contribution is -2.34. The molecule has 2 rings (SSSR count). The zero-order valence-corrected chi connectivity index (χ0v) is 14.5. The van der Waals surface area contributed by atoms with Crippen molar-refractivity contribution >= 4 is 23.3 Å². The van der Waals surface area contributed by atoms with Crippen LogP contribution in [0.25, 0.3) is 10.4 Å². The third-order valence-electron chi connectivity index (χ3n) is 3.41. The van der Waals surface area contributed by atoms with Crippen LogP contribution in [-0.4, -0.2) is 19.1 Å². The van der Waals surface area contributed by atoms with Gasteiger partial charge in [0.05, 0.1) is 7.11 Å². The second kappa shape index (κ2) is 8.94. The fraction of sp³-hybridized carbons (Fsp3) is 0.235. The Morgan fingerprint density at radius 1 is 1.32 bits per heavy atom. The van der Waals surface area contributed by atoms with Gasteiger partial charge in [-0.05, 0) is 48.9 Å².